The van der Waals surface area contributed by atoms with Crippen molar-refractivity contribution in [3.63, 3.8) is 0 Å². The Bertz CT molecular complexity index is 32.7. The molecule has 0 atom stereocenters. The van der Waals surface area contributed by atoms with E-state index in [0.717, 1.165) is 0 Å². The maximum absolute atomic E-state index is 8.40. The molecule has 0 aromatic heterocycles. The van der Waals surface area contributed by atoms with Crippen molar-refractivity contribution in [1.82, 2.24) is 0 Å². The summed E-state index contributed by atoms with van der Waals surface area (Å²) in [7, 11) is -1.42. The van der Waals surface area contributed by atoms with E-state index in [2.05, 4.69) is 0 Å². The van der Waals surface area contributed by atoms with Gasteiger partial charge < -0.3 is 11.0 Å². The van der Waals surface area contributed by atoms with Gasteiger partial charge in [-0.1, -0.05) is 0 Å². The Hall–Kier alpha value is 2.00. The average Bonchev–Trinajstić information content (AvgIpc) is 0.918. The SMILES string of the molecule is O=[Si]=O.[Ca+2].[Na+].[O-2].[OH-]. The summed E-state index contributed by atoms with van der Waals surface area (Å²) in [4.78, 5) is 0. The summed E-state index contributed by atoms with van der Waals surface area (Å²) in [6.07, 6.45) is 0. The quantitative estimate of drug-likeness (QED) is 0.332. The standard InChI is InChI=1S/Ca.Na.O2Si.H2O.O/c;;1-3-2;;/h;;;1H2;/q+2;+1;;;-2/p-1. The van der Waals surface area contributed by atoms with Crippen LogP contribution in [-0.4, -0.2) is 52.5 Å². The molecule has 4 nitrogen and oxygen atoms in total. The van der Waals surface area contributed by atoms with Gasteiger partial charge in [-0.3, -0.25) is 8.92 Å². The fourth-order valence-electron chi connectivity index (χ4n) is 0. The van der Waals surface area contributed by atoms with Crippen molar-refractivity contribution < 1.29 is 49.4 Å². The molecular formula is HCaNaO4Si. The summed E-state index contributed by atoms with van der Waals surface area (Å²) >= 11 is 0. The molecular weight excluding hydrogens is 155 g/mol. The van der Waals surface area contributed by atoms with Crippen molar-refractivity contribution in [2.75, 3.05) is 0 Å². The second-order valence-corrected chi connectivity index (χ2v) is 0.250. The molecule has 0 heterocycles. The van der Waals surface area contributed by atoms with Gasteiger partial charge in [0.1, 0.15) is 0 Å². The monoisotopic (exact) mass is 156 g/mol. The maximum atomic E-state index is 8.40. The van der Waals surface area contributed by atoms with E-state index in [0.29, 0.717) is 0 Å². The smallest absolute Gasteiger partial charge is 2.00 e. The first-order valence-corrected chi connectivity index (χ1v) is 1.22. The van der Waals surface area contributed by atoms with Crippen molar-refractivity contribution in [1.29, 1.82) is 0 Å². The second-order valence-electron chi connectivity index (χ2n) is 0.0833. The minimum Gasteiger partial charge on any atom is -2.00 e. The van der Waals surface area contributed by atoms with Crippen molar-refractivity contribution in [3.8, 4) is 0 Å². The van der Waals surface area contributed by atoms with Crippen molar-refractivity contribution in [3.05, 3.63) is 0 Å². The van der Waals surface area contributed by atoms with E-state index in [4.69, 9.17) is 8.92 Å². The Morgan fingerprint density at radius 3 is 1.14 bits per heavy atom. The van der Waals surface area contributed by atoms with Crippen LogP contribution in [0.1, 0.15) is 0 Å². The predicted molar refractivity (Wildman–Crippen MR) is 15.5 cm³/mol. The molecule has 0 rings (SSSR count). The molecule has 0 unspecified atom stereocenters. The van der Waals surface area contributed by atoms with Gasteiger partial charge in [-0.15, -0.1) is 0 Å². The fourth-order valence-corrected chi connectivity index (χ4v) is 0. The summed E-state index contributed by atoms with van der Waals surface area (Å²) in [5.41, 5.74) is 0. The number of hydrogen-bond acceptors (Lipinski definition) is 3. The van der Waals surface area contributed by atoms with E-state index in [1.54, 1.807) is 0 Å². The van der Waals surface area contributed by atoms with Crippen LogP contribution in [0.15, 0.2) is 0 Å². The first-order chi connectivity index (χ1) is 1.41. The molecule has 0 radical (unpaired) electrons. The molecule has 0 aromatic rings. The molecule has 0 saturated carbocycles. The van der Waals surface area contributed by atoms with Crippen LogP contribution in [-0.2, 0) is 14.4 Å². The third kappa shape index (κ3) is 72.1. The van der Waals surface area contributed by atoms with Crippen LogP contribution in [0.3, 0.4) is 0 Å². The van der Waals surface area contributed by atoms with Crippen molar-refractivity contribution >= 4 is 47.0 Å². The molecule has 0 aromatic carbocycles. The number of rotatable bonds is 0. The molecule has 0 aliphatic heterocycles. The Morgan fingerprint density at radius 2 is 1.14 bits per heavy atom. The Balaban J connectivity index is -0.00000000333. The average molecular weight is 156 g/mol. The summed E-state index contributed by atoms with van der Waals surface area (Å²) in [5, 5.41) is 0. The van der Waals surface area contributed by atoms with E-state index in [1.165, 1.54) is 0 Å². The molecule has 0 spiro atoms. The zero-order valence-corrected chi connectivity index (χ0v) is 9.09. The molecule has 32 valence electrons. The molecule has 7 heteroatoms. The molecule has 0 bridgehead atoms. The first-order valence-electron chi connectivity index (χ1n) is 0.408. The molecule has 1 N–H and O–H groups in total. The summed E-state index contributed by atoms with van der Waals surface area (Å²) in [6.45, 7) is 0. The van der Waals surface area contributed by atoms with Crippen molar-refractivity contribution in [2.24, 2.45) is 0 Å². The van der Waals surface area contributed by atoms with Gasteiger partial charge in [-0.05, 0) is 0 Å². The van der Waals surface area contributed by atoms with Gasteiger partial charge in [-0.25, -0.2) is 0 Å². The van der Waals surface area contributed by atoms with E-state index >= 15 is 0 Å². The topological polar surface area (TPSA) is 92.6 Å². The van der Waals surface area contributed by atoms with Gasteiger partial charge in [-0.2, -0.15) is 0 Å². The predicted octanol–water partition coefficient (Wildman–Crippen LogP) is -4.29. The zero-order valence-electron chi connectivity index (χ0n) is 3.88. The van der Waals surface area contributed by atoms with Gasteiger partial charge in [0.15, 0.2) is 0 Å². The van der Waals surface area contributed by atoms with Gasteiger partial charge in [0.2, 0.25) is 0 Å². The zero-order chi connectivity index (χ0) is 2.71. The maximum Gasteiger partial charge on any atom is 2.00 e. The van der Waals surface area contributed by atoms with E-state index in [-0.39, 0.29) is 78.2 Å². The van der Waals surface area contributed by atoms with Crippen molar-refractivity contribution in [2.45, 2.75) is 0 Å². The van der Waals surface area contributed by atoms with E-state index in [9.17, 15) is 0 Å². The summed E-state index contributed by atoms with van der Waals surface area (Å²) in [6, 6.07) is 0. The summed E-state index contributed by atoms with van der Waals surface area (Å²) in [5.74, 6) is 0. The third-order valence-electron chi connectivity index (χ3n) is 0. The van der Waals surface area contributed by atoms with Crippen LogP contribution in [0.4, 0.5) is 0 Å². The van der Waals surface area contributed by atoms with Crippen LogP contribution >= 0.6 is 0 Å². The minimum atomic E-state index is -1.42. The van der Waals surface area contributed by atoms with Gasteiger partial charge in [0.05, 0.1) is 0 Å². The van der Waals surface area contributed by atoms with Crippen LogP contribution in [0.5, 0.6) is 0 Å². The van der Waals surface area contributed by atoms with Gasteiger partial charge >= 0.3 is 76.6 Å². The van der Waals surface area contributed by atoms with E-state index in [1.807, 2.05) is 0 Å². The largest absolute Gasteiger partial charge is 2.00 e. The first kappa shape index (κ1) is 36.0. The van der Waals surface area contributed by atoms with Gasteiger partial charge in [0, 0.05) is 0 Å². The van der Waals surface area contributed by atoms with Gasteiger partial charge in [0.25, 0.3) is 0 Å². The van der Waals surface area contributed by atoms with Crippen LogP contribution in [0.2, 0.25) is 0 Å². The Kier molecular flexibility index (Phi) is 224. The molecule has 0 aliphatic carbocycles. The van der Waals surface area contributed by atoms with Crippen LogP contribution in [0.25, 0.3) is 0 Å². The fraction of sp³-hybridized carbons (Fsp3) is 0. The summed E-state index contributed by atoms with van der Waals surface area (Å²) < 4.78 is 16.8. The molecule has 0 aliphatic rings. The van der Waals surface area contributed by atoms with Crippen LogP contribution in [0, 0.1) is 0 Å². The Morgan fingerprint density at radius 1 is 1.14 bits per heavy atom. The normalized spacial score (nSPS) is 1.14. The second kappa shape index (κ2) is 43.6. The molecule has 7 heavy (non-hydrogen) atoms. The van der Waals surface area contributed by atoms with E-state index < -0.39 is 9.29 Å². The molecule has 0 amide bonds. The Labute approximate surface area is 94.9 Å². The molecule has 0 saturated heterocycles. The minimum absolute atomic E-state index is 0. The van der Waals surface area contributed by atoms with Crippen LogP contribution < -0.4 is 29.6 Å². The molecule has 0 fully saturated rings. The number of hydrogen-bond donors (Lipinski definition) is 0. The third-order valence-corrected chi connectivity index (χ3v) is 0.